The maximum Gasteiger partial charge on any atom is 0.273 e. The van der Waals surface area contributed by atoms with E-state index in [0.717, 1.165) is 0 Å². The van der Waals surface area contributed by atoms with E-state index in [1.165, 1.54) is 37.4 Å². The van der Waals surface area contributed by atoms with Gasteiger partial charge in [0, 0.05) is 15.6 Å². The van der Waals surface area contributed by atoms with Gasteiger partial charge in [-0.25, -0.2) is 4.39 Å². The van der Waals surface area contributed by atoms with Crippen LogP contribution in [0.5, 0.6) is 5.75 Å². The van der Waals surface area contributed by atoms with Gasteiger partial charge in [0.05, 0.1) is 19.1 Å². The molecule has 0 spiro atoms. The number of halogens is 3. The maximum atomic E-state index is 13.6. The van der Waals surface area contributed by atoms with Crippen LogP contribution in [0, 0.1) is 5.82 Å². The van der Waals surface area contributed by atoms with Gasteiger partial charge in [-0.15, -0.1) is 0 Å². The molecule has 0 aliphatic rings. The van der Waals surface area contributed by atoms with Crippen molar-refractivity contribution < 1.29 is 18.7 Å². The van der Waals surface area contributed by atoms with E-state index in [1.54, 1.807) is 6.07 Å². The Labute approximate surface area is 147 Å². The lowest BCUT2D eigenvalue weighted by molar-refractivity contribution is -0.121. The van der Waals surface area contributed by atoms with E-state index in [-0.39, 0.29) is 22.6 Å². The van der Waals surface area contributed by atoms with Crippen molar-refractivity contribution in [1.82, 2.24) is 10.9 Å². The Morgan fingerprint density at radius 3 is 2.58 bits per heavy atom. The van der Waals surface area contributed by atoms with Crippen molar-refractivity contribution in [2.24, 2.45) is 0 Å². The molecule has 0 aromatic heterocycles. The van der Waals surface area contributed by atoms with Gasteiger partial charge in [-0.05, 0) is 30.3 Å². The first-order valence-electron chi connectivity index (χ1n) is 6.78. The molecule has 2 amide bonds. The molecule has 2 aromatic carbocycles. The summed E-state index contributed by atoms with van der Waals surface area (Å²) in [5, 5.41) is 0.471. The quantitative estimate of drug-likeness (QED) is 0.812. The average molecular weight is 371 g/mol. The third-order valence-corrected chi connectivity index (χ3v) is 3.71. The molecule has 24 heavy (non-hydrogen) atoms. The maximum absolute atomic E-state index is 13.6. The van der Waals surface area contributed by atoms with E-state index in [4.69, 9.17) is 27.9 Å². The first-order valence-corrected chi connectivity index (χ1v) is 7.53. The Balaban J connectivity index is 2.02. The second-order valence-corrected chi connectivity index (χ2v) is 5.57. The van der Waals surface area contributed by atoms with Crippen molar-refractivity contribution in [3.63, 3.8) is 0 Å². The van der Waals surface area contributed by atoms with Crippen molar-refractivity contribution >= 4 is 35.0 Å². The summed E-state index contributed by atoms with van der Waals surface area (Å²) in [7, 11) is 1.40. The zero-order valence-electron chi connectivity index (χ0n) is 12.5. The molecule has 0 bridgehead atoms. The summed E-state index contributed by atoms with van der Waals surface area (Å²) in [5.74, 6) is -1.55. The highest BCUT2D eigenvalue weighted by Crippen LogP contribution is 2.22. The molecule has 2 rings (SSSR count). The van der Waals surface area contributed by atoms with Crippen LogP contribution in [-0.2, 0) is 11.2 Å². The third kappa shape index (κ3) is 4.37. The SMILES string of the molecule is COc1ccc(Cl)cc1C(=O)NNC(=O)Cc1c(F)cccc1Cl. The largest absolute Gasteiger partial charge is 0.496 e. The predicted octanol–water partition coefficient (Wildman–Crippen LogP) is 3.14. The Morgan fingerprint density at radius 1 is 1.17 bits per heavy atom. The fraction of sp³-hybridized carbons (Fsp3) is 0.125. The summed E-state index contributed by atoms with van der Waals surface area (Å²) in [6, 6.07) is 8.60. The molecule has 0 radical (unpaired) electrons. The smallest absolute Gasteiger partial charge is 0.273 e. The van der Waals surface area contributed by atoms with E-state index < -0.39 is 17.6 Å². The summed E-state index contributed by atoms with van der Waals surface area (Å²) in [6.07, 6.45) is -0.321. The van der Waals surface area contributed by atoms with Gasteiger partial charge in [0.15, 0.2) is 0 Å². The molecule has 2 aromatic rings. The molecular formula is C16H13Cl2FN2O3. The van der Waals surface area contributed by atoms with Crippen molar-refractivity contribution in [3.8, 4) is 5.75 Å². The molecule has 0 aliphatic carbocycles. The van der Waals surface area contributed by atoms with Gasteiger partial charge in [0.1, 0.15) is 11.6 Å². The lowest BCUT2D eigenvalue weighted by atomic mass is 10.1. The molecular weight excluding hydrogens is 358 g/mol. The molecule has 8 heteroatoms. The number of benzene rings is 2. The fourth-order valence-corrected chi connectivity index (χ4v) is 2.36. The Hall–Kier alpha value is -2.31. The normalized spacial score (nSPS) is 10.2. The second-order valence-electron chi connectivity index (χ2n) is 4.72. The van der Waals surface area contributed by atoms with Gasteiger partial charge in [-0.2, -0.15) is 0 Å². The highest BCUT2D eigenvalue weighted by molar-refractivity contribution is 6.31. The zero-order valence-corrected chi connectivity index (χ0v) is 14.0. The molecule has 0 atom stereocenters. The van der Waals surface area contributed by atoms with Gasteiger partial charge in [-0.1, -0.05) is 29.3 Å². The number of carbonyl (C=O) groups is 2. The minimum atomic E-state index is -0.628. The number of nitrogens with one attached hydrogen (secondary N) is 2. The molecule has 0 aliphatic heterocycles. The van der Waals surface area contributed by atoms with Gasteiger partial charge in [0.25, 0.3) is 5.91 Å². The number of hydrazine groups is 1. The van der Waals surface area contributed by atoms with Crippen LogP contribution in [0.3, 0.4) is 0 Å². The van der Waals surface area contributed by atoms with Crippen LogP contribution in [0.15, 0.2) is 36.4 Å². The Morgan fingerprint density at radius 2 is 1.92 bits per heavy atom. The van der Waals surface area contributed by atoms with Crippen LogP contribution < -0.4 is 15.6 Å². The topological polar surface area (TPSA) is 67.4 Å². The molecule has 0 unspecified atom stereocenters. The number of methoxy groups -OCH3 is 1. The minimum Gasteiger partial charge on any atom is -0.496 e. The van der Waals surface area contributed by atoms with Crippen LogP contribution in [-0.4, -0.2) is 18.9 Å². The van der Waals surface area contributed by atoms with Gasteiger partial charge < -0.3 is 4.74 Å². The molecule has 0 fully saturated rings. The van der Waals surface area contributed by atoms with Crippen LogP contribution >= 0.6 is 23.2 Å². The van der Waals surface area contributed by atoms with E-state index in [0.29, 0.717) is 10.8 Å². The number of ether oxygens (including phenoxy) is 1. The first kappa shape index (κ1) is 18.0. The van der Waals surface area contributed by atoms with Crippen molar-refractivity contribution in [1.29, 1.82) is 0 Å². The summed E-state index contributed by atoms with van der Waals surface area (Å²) in [6.45, 7) is 0. The zero-order chi connectivity index (χ0) is 17.7. The van der Waals surface area contributed by atoms with Crippen molar-refractivity contribution in [2.75, 3.05) is 7.11 Å². The number of hydrogen-bond acceptors (Lipinski definition) is 3. The number of rotatable bonds is 4. The summed E-state index contributed by atoms with van der Waals surface area (Å²) in [5.41, 5.74) is 4.60. The third-order valence-electron chi connectivity index (χ3n) is 3.12. The summed E-state index contributed by atoms with van der Waals surface area (Å²) >= 11 is 11.7. The molecule has 0 saturated carbocycles. The lowest BCUT2D eigenvalue weighted by Gasteiger charge is -2.11. The Kier molecular flexibility index (Phi) is 6.00. The van der Waals surface area contributed by atoms with Crippen LogP contribution in [0.1, 0.15) is 15.9 Å². The minimum absolute atomic E-state index is 0.0475. The molecule has 0 heterocycles. The predicted molar refractivity (Wildman–Crippen MR) is 88.7 cm³/mol. The highest BCUT2D eigenvalue weighted by Gasteiger charge is 2.15. The number of carbonyl (C=O) groups excluding carboxylic acids is 2. The molecule has 0 saturated heterocycles. The molecule has 2 N–H and O–H groups in total. The second kappa shape index (κ2) is 7.99. The van der Waals surface area contributed by atoms with Crippen LogP contribution in [0.2, 0.25) is 10.0 Å². The standard InChI is InChI=1S/C16H13Cl2FN2O3/c1-24-14-6-5-9(17)7-11(14)16(23)21-20-15(22)8-10-12(18)3-2-4-13(10)19/h2-7H,8H2,1H3,(H,20,22)(H,21,23). The number of hydrogen-bond donors (Lipinski definition) is 2. The summed E-state index contributed by atoms with van der Waals surface area (Å²) < 4.78 is 18.7. The van der Waals surface area contributed by atoms with Gasteiger partial charge in [-0.3, -0.25) is 20.4 Å². The highest BCUT2D eigenvalue weighted by atomic mass is 35.5. The first-order chi connectivity index (χ1) is 11.4. The summed E-state index contributed by atoms with van der Waals surface area (Å²) in [4.78, 5) is 24.0. The Bertz CT molecular complexity index is 764. The van der Waals surface area contributed by atoms with Crippen molar-refractivity contribution in [3.05, 3.63) is 63.4 Å². The average Bonchev–Trinajstić information content (AvgIpc) is 2.56. The van der Waals surface area contributed by atoms with E-state index in [2.05, 4.69) is 10.9 Å². The fourth-order valence-electron chi connectivity index (χ4n) is 1.96. The molecule has 126 valence electrons. The molecule has 5 nitrogen and oxygen atoms in total. The van der Waals surface area contributed by atoms with E-state index >= 15 is 0 Å². The monoisotopic (exact) mass is 370 g/mol. The van der Waals surface area contributed by atoms with Crippen LogP contribution in [0.4, 0.5) is 4.39 Å². The van der Waals surface area contributed by atoms with Crippen LogP contribution in [0.25, 0.3) is 0 Å². The lowest BCUT2D eigenvalue weighted by Crippen LogP contribution is -2.42. The van der Waals surface area contributed by atoms with Gasteiger partial charge >= 0.3 is 0 Å². The van der Waals surface area contributed by atoms with Crippen molar-refractivity contribution in [2.45, 2.75) is 6.42 Å². The van der Waals surface area contributed by atoms with E-state index in [1.807, 2.05) is 0 Å². The van der Waals surface area contributed by atoms with Gasteiger partial charge in [0.2, 0.25) is 5.91 Å². The number of amides is 2. The van der Waals surface area contributed by atoms with E-state index in [9.17, 15) is 14.0 Å².